The van der Waals surface area contributed by atoms with Crippen LogP contribution in [0.1, 0.15) is 13.8 Å². The van der Waals surface area contributed by atoms with Crippen LogP contribution in [0.5, 0.6) is 0 Å². The van der Waals surface area contributed by atoms with Crippen molar-refractivity contribution in [2.24, 2.45) is 0 Å². The number of rotatable bonds is 5. The Labute approximate surface area is 105 Å². The molecule has 0 unspecified atom stereocenters. The van der Waals surface area contributed by atoms with E-state index in [1.54, 1.807) is 13.8 Å². The molecular formula is C11H15F3O3Si. The SMILES string of the molecule is CO[Si](OC)(OC(C)C)c1cc(F)c(F)cc1F. The molecule has 0 amide bonds. The summed E-state index contributed by atoms with van der Waals surface area (Å²) in [7, 11) is -1.01. The molecule has 18 heavy (non-hydrogen) atoms. The molecule has 3 nitrogen and oxygen atoms in total. The largest absolute Gasteiger partial charge is 0.540 e. The molecule has 7 heteroatoms. The van der Waals surface area contributed by atoms with Gasteiger partial charge in [-0.25, -0.2) is 13.2 Å². The van der Waals surface area contributed by atoms with Gasteiger partial charge >= 0.3 is 8.80 Å². The van der Waals surface area contributed by atoms with E-state index in [1.807, 2.05) is 0 Å². The highest BCUT2D eigenvalue weighted by Crippen LogP contribution is 2.16. The third-order valence-corrected chi connectivity index (χ3v) is 5.17. The van der Waals surface area contributed by atoms with Gasteiger partial charge in [-0.2, -0.15) is 0 Å². The summed E-state index contributed by atoms with van der Waals surface area (Å²) < 4.78 is 55.6. The molecule has 0 N–H and O–H groups in total. The molecule has 0 radical (unpaired) electrons. The first-order valence-electron chi connectivity index (χ1n) is 5.29. The number of halogens is 3. The predicted molar refractivity (Wildman–Crippen MR) is 61.9 cm³/mol. The molecule has 0 aromatic heterocycles. The summed E-state index contributed by atoms with van der Waals surface area (Å²) in [5.74, 6) is -3.40. The van der Waals surface area contributed by atoms with E-state index in [0.29, 0.717) is 12.1 Å². The van der Waals surface area contributed by atoms with Crippen LogP contribution in [-0.2, 0) is 13.3 Å². The average Bonchev–Trinajstić information content (AvgIpc) is 2.31. The van der Waals surface area contributed by atoms with E-state index in [4.69, 9.17) is 13.3 Å². The van der Waals surface area contributed by atoms with E-state index in [2.05, 4.69) is 0 Å². The van der Waals surface area contributed by atoms with Gasteiger partial charge in [-0.15, -0.1) is 0 Å². The van der Waals surface area contributed by atoms with Gasteiger partial charge in [0.15, 0.2) is 11.6 Å². The van der Waals surface area contributed by atoms with Crippen molar-refractivity contribution >= 4 is 14.0 Å². The molecule has 0 atom stereocenters. The third-order valence-electron chi connectivity index (χ3n) is 2.27. The fourth-order valence-electron chi connectivity index (χ4n) is 1.53. The normalized spacial score (nSPS) is 12.2. The first-order valence-corrected chi connectivity index (χ1v) is 7.02. The maximum Gasteiger partial charge on any atom is 0.540 e. The summed E-state index contributed by atoms with van der Waals surface area (Å²) in [5.41, 5.74) is 0. The van der Waals surface area contributed by atoms with Gasteiger partial charge in [-0.05, 0) is 19.9 Å². The second-order valence-corrected chi connectivity index (χ2v) is 6.58. The molecule has 102 valence electrons. The summed E-state index contributed by atoms with van der Waals surface area (Å²) in [6.45, 7) is 3.41. The van der Waals surface area contributed by atoms with Gasteiger partial charge in [-0.1, -0.05) is 0 Å². The van der Waals surface area contributed by atoms with Crippen molar-refractivity contribution in [2.45, 2.75) is 20.0 Å². The zero-order valence-corrected chi connectivity index (χ0v) is 11.6. The molecule has 0 bridgehead atoms. The van der Waals surface area contributed by atoms with Crippen LogP contribution in [0.3, 0.4) is 0 Å². The summed E-state index contributed by atoms with van der Waals surface area (Å²) in [5, 5.41) is -0.222. The van der Waals surface area contributed by atoms with Gasteiger partial charge in [0.2, 0.25) is 0 Å². The standard InChI is InChI=1S/C11H15F3O3Si/c1-7(2)17-18(15-3,16-4)11-6-9(13)8(12)5-10(11)14/h5-7H,1-4H3. The minimum atomic E-state index is -3.56. The second-order valence-electron chi connectivity index (χ2n) is 3.88. The van der Waals surface area contributed by atoms with Crippen LogP contribution in [0, 0.1) is 17.5 Å². The number of hydrogen-bond acceptors (Lipinski definition) is 3. The molecule has 1 aromatic rings. The van der Waals surface area contributed by atoms with Gasteiger partial charge < -0.3 is 13.3 Å². The zero-order chi connectivity index (χ0) is 13.9. The fourth-order valence-corrected chi connectivity index (χ4v) is 3.75. The van der Waals surface area contributed by atoms with Gasteiger partial charge in [0.1, 0.15) is 5.82 Å². The first kappa shape index (κ1) is 15.2. The van der Waals surface area contributed by atoms with E-state index < -0.39 is 26.3 Å². The Morgan fingerprint density at radius 1 is 0.944 bits per heavy atom. The zero-order valence-electron chi connectivity index (χ0n) is 10.6. The van der Waals surface area contributed by atoms with Crippen LogP contribution < -0.4 is 5.19 Å². The van der Waals surface area contributed by atoms with Crippen molar-refractivity contribution in [3.63, 3.8) is 0 Å². The van der Waals surface area contributed by atoms with Crippen LogP contribution >= 0.6 is 0 Å². The van der Waals surface area contributed by atoms with Crippen molar-refractivity contribution in [1.82, 2.24) is 0 Å². The highest BCUT2D eigenvalue weighted by molar-refractivity contribution is 6.75. The van der Waals surface area contributed by atoms with Gasteiger partial charge in [0, 0.05) is 26.4 Å². The number of hydrogen-bond donors (Lipinski definition) is 0. The lowest BCUT2D eigenvalue weighted by atomic mass is 10.3. The smallest absolute Gasteiger partial charge is 0.373 e. The van der Waals surface area contributed by atoms with Crippen molar-refractivity contribution in [1.29, 1.82) is 0 Å². The number of benzene rings is 1. The lowest BCUT2D eigenvalue weighted by molar-refractivity contribution is 0.0830. The quantitative estimate of drug-likeness (QED) is 0.609. The van der Waals surface area contributed by atoms with Crippen LogP contribution in [0.2, 0.25) is 0 Å². The Bertz CT molecular complexity index is 422. The Kier molecular flexibility index (Phi) is 4.91. The summed E-state index contributed by atoms with van der Waals surface area (Å²) in [6, 6.07) is 1.17. The van der Waals surface area contributed by atoms with Crippen molar-refractivity contribution in [2.75, 3.05) is 14.2 Å². The Hall–Kier alpha value is -0.893. The van der Waals surface area contributed by atoms with Gasteiger partial charge in [0.25, 0.3) is 0 Å². The minimum Gasteiger partial charge on any atom is -0.373 e. The molecule has 0 fully saturated rings. The molecule has 0 aliphatic heterocycles. The highest BCUT2D eigenvalue weighted by Gasteiger charge is 2.46. The summed E-state index contributed by atoms with van der Waals surface area (Å²) in [4.78, 5) is 0. The molecule has 0 saturated heterocycles. The maximum absolute atomic E-state index is 13.7. The van der Waals surface area contributed by atoms with E-state index in [9.17, 15) is 13.2 Å². The molecule has 0 aliphatic carbocycles. The molecule has 0 saturated carbocycles. The molecule has 1 rings (SSSR count). The molecular weight excluding hydrogens is 265 g/mol. The van der Waals surface area contributed by atoms with E-state index in [-0.39, 0.29) is 11.3 Å². The maximum atomic E-state index is 13.7. The van der Waals surface area contributed by atoms with Gasteiger partial charge in [-0.3, -0.25) is 0 Å². The highest BCUT2D eigenvalue weighted by atomic mass is 28.4. The summed E-state index contributed by atoms with van der Waals surface area (Å²) in [6.07, 6.45) is -0.316. The molecule has 0 aliphatic rings. The third kappa shape index (κ3) is 2.92. The Morgan fingerprint density at radius 2 is 1.44 bits per heavy atom. The average molecular weight is 280 g/mol. The lowest BCUT2D eigenvalue weighted by Crippen LogP contribution is -2.58. The first-order chi connectivity index (χ1) is 8.36. The van der Waals surface area contributed by atoms with Crippen LogP contribution in [0.4, 0.5) is 13.2 Å². The van der Waals surface area contributed by atoms with Crippen molar-refractivity contribution in [3.05, 3.63) is 29.6 Å². The van der Waals surface area contributed by atoms with Crippen LogP contribution in [-0.4, -0.2) is 29.1 Å². The van der Waals surface area contributed by atoms with E-state index in [1.165, 1.54) is 14.2 Å². The second kappa shape index (κ2) is 5.83. The predicted octanol–water partition coefficient (Wildman–Crippen LogP) is 1.97. The lowest BCUT2D eigenvalue weighted by Gasteiger charge is -2.28. The Morgan fingerprint density at radius 3 is 1.89 bits per heavy atom. The van der Waals surface area contributed by atoms with Crippen molar-refractivity contribution in [3.8, 4) is 0 Å². The molecule has 1 aromatic carbocycles. The summed E-state index contributed by atoms with van der Waals surface area (Å²) >= 11 is 0. The van der Waals surface area contributed by atoms with E-state index >= 15 is 0 Å². The van der Waals surface area contributed by atoms with Crippen LogP contribution in [0.25, 0.3) is 0 Å². The monoisotopic (exact) mass is 280 g/mol. The van der Waals surface area contributed by atoms with Gasteiger partial charge in [0.05, 0.1) is 5.19 Å². The molecule has 0 spiro atoms. The Balaban J connectivity index is 3.33. The topological polar surface area (TPSA) is 27.7 Å². The van der Waals surface area contributed by atoms with E-state index in [0.717, 1.165) is 0 Å². The molecule has 0 heterocycles. The fraction of sp³-hybridized carbons (Fsp3) is 0.455. The minimum absolute atomic E-state index is 0.222. The van der Waals surface area contributed by atoms with Crippen LogP contribution in [0.15, 0.2) is 12.1 Å². The van der Waals surface area contributed by atoms with Crippen molar-refractivity contribution < 1.29 is 26.4 Å².